The first-order valence-electron chi connectivity index (χ1n) is 10.4. The second kappa shape index (κ2) is 9.49. The molecule has 2 fully saturated rings. The topological polar surface area (TPSA) is 109 Å². The maximum absolute atomic E-state index is 14.9. The van der Waals surface area contributed by atoms with Crippen molar-refractivity contribution in [2.75, 3.05) is 47.5 Å². The van der Waals surface area contributed by atoms with E-state index in [0.29, 0.717) is 24.5 Å². The van der Waals surface area contributed by atoms with Crippen LogP contribution in [0.2, 0.25) is 0 Å². The fourth-order valence-electron chi connectivity index (χ4n) is 3.71. The molecule has 0 spiro atoms. The van der Waals surface area contributed by atoms with E-state index in [1.807, 2.05) is 10.2 Å². The minimum Gasteiger partial charge on any atom is -0.442 e. The summed E-state index contributed by atoms with van der Waals surface area (Å²) in [4.78, 5) is 30.4. The molecular weight excluding hydrogens is 477 g/mol. The van der Waals surface area contributed by atoms with Crippen LogP contribution in [0.3, 0.4) is 0 Å². The van der Waals surface area contributed by atoms with Crippen LogP contribution >= 0.6 is 0 Å². The lowest BCUT2D eigenvalue weighted by Crippen LogP contribution is -2.40. The fourth-order valence-corrected chi connectivity index (χ4v) is 4.91. The van der Waals surface area contributed by atoms with E-state index >= 15 is 0 Å². The molecule has 2 aromatic rings. The molecule has 9 nitrogen and oxygen atoms in total. The van der Waals surface area contributed by atoms with E-state index in [4.69, 9.17) is 4.74 Å². The van der Waals surface area contributed by atoms with Gasteiger partial charge in [-0.05, 0) is 30.3 Å². The first kappa shape index (κ1) is 23.8. The lowest BCUT2D eigenvalue weighted by atomic mass is 10.1. The molecular formula is C21H21F3N4O5S. The number of rotatable bonds is 6. The molecule has 3 heterocycles. The predicted octanol–water partition coefficient (Wildman–Crippen LogP) is 1.83. The van der Waals surface area contributed by atoms with Crippen LogP contribution in [0.25, 0.3) is 11.1 Å². The van der Waals surface area contributed by atoms with Gasteiger partial charge >= 0.3 is 12.5 Å². The Morgan fingerprint density at radius 1 is 1.21 bits per heavy atom. The number of nitrogens with zero attached hydrogens (tertiary/aromatic N) is 3. The molecule has 1 aromatic carbocycles. The Bertz CT molecular complexity index is 1180. The molecule has 4 rings (SSSR count). The Kier molecular flexibility index (Phi) is 6.64. The van der Waals surface area contributed by atoms with Gasteiger partial charge in [-0.2, -0.15) is 8.78 Å². The van der Waals surface area contributed by atoms with Crippen molar-refractivity contribution in [1.82, 2.24) is 10.3 Å². The number of cyclic esters (lactones) is 1. The zero-order chi connectivity index (χ0) is 24.5. The number of carbonyl (C=O) groups excluding carboxylic acids is 2. The summed E-state index contributed by atoms with van der Waals surface area (Å²) in [6.07, 6.45) is -3.31. The number of benzene rings is 1. The number of anilines is 2. The van der Waals surface area contributed by atoms with Crippen molar-refractivity contribution in [1.29, 1.82) is 0 Å². The summed E-state index contributed by atoms with van der Waals surface area (Å²) in [7, 11) is -3.01. The summed E-state index contributed by atoms with van der Waals surface area (Å²) >= 11 is 0. The number of sulfone groups is 1. The molecule has 1 N–H and O–H groups in total. The summed E-state index contributed by atoms with van der Waals surface area (Å²) in [5.41, 5.74) is 0.958. The van der Waals surface area contributed by atoms with Crippen molar-refractivity contribution in [3.05, 3.63) is 42.3 Å². The van der Waals surface area contributed by atoms with E-state index in [0.717, 1.165) is 11.0 Å². The molecule has 0 bridgehead atoms. The number of alkyl halides is 2. The van der Waals surface area contributed by atoms with E-state index in [2.05, 4.69) is 4.98 Å². The number of hydrogen-bond acceptors (Lipinski definition) is 7. The van der Waals surface area contributed by atoms with Gasteiger partial charge in [-0.15, -0.1) is 0 Å². The highest BCUT2D eigenvalue weighted by molar-refractivity contribution is 7.91. The van der Waals surface area contributed by atoms with E-state index in [1.165, 1.54) is 18.3 Å². The van der Waals surface area contributed by atoms with Crippen molar-refractivity contribution in [3.63, 3.8) is 0 Å². The lowest BCUT2D eigenvalue weighted by molar-refractivity contribution is -0.132. The van der Waals surface area contributed by atoms with Crippen molar-refractivity contribution in [3.8, 4) is 11.1 Å². The third-order valence-electron chi connectivity index (χ3n) is 5.57. The number of pyridine rings is 1. The van der Waals surface area contributed by atoms with Gasteiger partial charge < -0.3 is 15.0 Å². The highest BCUT2D eigenvalue weighted by Gasteiger charge is 2.33. The lowest BCUT2D eigenvalue weighted by Gasteiger charge is -2.27. The Morgan fingerprint density at radius 2 is 1.94 bits per heavy atom. The van der Waals surface area contributed by atoms with Gasteiger partial charge in [0.15, 0.2) is 9.84 Å². The molecule has 2 amide bonds. The Morgan fingerprint density at radius 3 is 2.56 bits per heavy atom. The maximum atomic E-state index is 14.9. The normalized spacial score (nSPS) is 19.9. The number of nitrogens with one attached hydrogen (secondary N) is 1. The average molecular weight is 498 g/mol. The summed E-state index contributed by atoms with van der Waals surface area (Å²) < 4.78 is 67.7. The minimum atomic E-state index is -3.17. The van der Waals surface area contributed by atoms with Crippen molar-refractivity contribution in [2.45, 2.75) is 12.5 Å². The van der Waals surface area contributed by atoms with Crippen LogP contribution in [-0.2, 0) is 19.4 Å². The van der Waals surface area contributed by atoms with Crippen LogP contribution in [0.1, 0.15) is 0 Å². The summed E-state index contributed by atoms with van der Waals surface area (Å²) in [6.45, 7) is 0.364. The third kappa shape index (κ3) is 5.24. The van der Waals surface area contributed by atoms with Gasteiger partial charge in [0.2, 0.25) is 0 Å². The first-order chi connectivity index (χ1) is 16.1. The van der Waals surface area contributed by atoms with Gasteiger partial charge in [0.05, 0.1) is 30.3 Å². The summed E-state index contributed by atoms with van der Waals surface area (Å²) in [6, 6.07) is 7.52. The monoisotopic (exact) mass is 498 g/mol. The highest BCUT2D eigenvalue weighted by atomic mass is 32.2. The first-order valence-corrected chi connectivity index (χ1v) is 12.2. The van der Waals surface area contributed by atoms with Crippen LogP contribution in [0.5, 0.6) is 0 Å². The molecule has 2 aliphatic heterocycles. The zero-order valence-corrected chi connectivity index (χ0v) is 18.6. The molecule has 0 unspecified atom stereocenters. The van der Waals surface area contributed by atoms with Crippen LogP contribution in [0.15, 0.2) is 36.5 Å². The molecule has 34 heavy (non-hydrogen) atoms. The predicted molar refractivity (Wildman–Crippen MR) is 117 cm³/mol. The number of carbonyl (C=O) groups is 2. The Balaban J connectivity index is 1.42. The van der Waals surface area contributed by atoms with Gasteiger partial charge in [-0.25, -0.2) is 22.6 Å². The average Bonchev–Trinajstić information content (AvgIpc) is 3.18. The van der Waals surface area contributed by atoms with E-state index in [-0.39, 0.29) is 35.8 Å². The highest BCUT2D eigenvalue weighted by Crippen LogP contribution is 2.29. The summed E-state index contributed by atoms with van der Waals surface area (Å²) in [5.74, 6) is -1.36. The minimum absolute atomic E-state index is 0.0387. The van der Waals surface area contributed by atoms with E-state index in [1.54, 1.807) is 12.1 Å². The molecule has 182 valence electrons. The van der Waals surface area contributed by atoms with Crippen LogP contribution in [0, 0.1) is 5.82 Å². The maximum Gasteiger partial charge on any atom is 0.414 e. The van der Waals surface area contributed by atoms with Gasteiger partial charge in [0, 0.05) is 30.4 Å². The standard InChI is InChI=1S/C21H21F3N4O5S/c22-17-9-14(28-12-15(33-21(28)30)11-26-20(29)19(23)24)2-3-16(17)13-1-4-18(25-10-13)27-5-7-34(31,32)8-6-27/h1-4,9-10,15,19H,5-8,11-12H2,(H,26,29)/t15-/m0/s1. The van der Waals surface area contributed by atoms with Crippen molar-refractivity contribution < 1.29 is 35.9 Å². The van der Waals surface area contributed by atoms with Crippen LogP contribution < -0.4 is 15.1 Å². The van der Waals surface area contributed by atoms with E-state index < -0.39 is 40.2 Å². The van der Waals surface area contributed by atoms with Gasteiger partial charge in [0.25, 0.3) is 5.91 Å². The quantitative estimate of drug-likeness (QED) is 0.647. The molecule has 1 atom stereocenters. The van der Waals surface area contributed by atoms with Crippen LogP contribution in [-0.4, -0.2) is 75.6 Å². The molecule has 13 heteroatoms. The second-order valence-corrected chi connectivity index (χ2v) is 10.2. The number of amides is 2. The van der Waals surface area contributed by atoms with Gasteiger partial charge in [-0.3, -0.25) is 9.69 Å². The van der Waals surface area contributed by atoms with Crippen molar-refractivity contribution >= 4 is 33.3 Å². The SMILES string of the molecule is O=C(NC[C@H]1CN(c2ccc(-c3ccc(N4CCS(=O)(=O)CC4)nc3)c(F)c2)C(=O)O1)C(F)F. The molecule has 2 saturated heterocycles. The van der Waals surface area contributed by atoms with Crippen LogP contribution in [0.4, 0.5) is 29.5 Å². The third-order valence-corrected chi connectivity index (χ3v) is 7.18. The number of ether oxygens (including phenoxy) is 1. The van der Waals surface area contributed by atoms with Crippen molar-refractivity contribution in [2.24, 2.45) is 0 Å². The molecule has 0 radical (unpaired) electrons. The Labute approximate surface area is 193 Å². The smallest absolute Gasteiger partial charge is 0.414 e. The molecule has 0 aliphatic carbocycles. The summed E-state index contributed by atoms with van der Waals surface area (Å²) in [5, 5.41) is 1.98. The molecule has 0 saturated carbocycles. The van der Waals surface area contributed by atoms with Gasteiger partial charge in [-0.1, -0.05) is 0 Å². The fraction of sp³-hybridized carbons (Fsp3) is 0.381. The number of halogens is 3. The Hall–Kier alpha value is -3.35. The number of hydrogen-bond donors (Lipinski definition) is 1. The second-order valence-electron chi connectivity index (χ2n) is 7.87. The zero-order valence-electron chi connectivity index (χ0n) is 17.8. The van der Waals surface area contributed by atoms with Gasteiger partial charge in [0.1, 0.15) is 17.7 Å². The molecule has 2 aliphatic rings. The molecule has 1 aromatic heterocycles. The largest absolute Gasteiger partial charge is 0.442 e. The number of aromatic nitrogens is 1. The van der Waals surface area contributed by atoms with E-state index in [9.17, 15) is 31.2 Å².